The van der Waals surface area contributed by atoms with E-state index < -0.39 is 25.2 Å². The van der Waals surface area contributed by atoms with Gasteiger partial charge in [-0.05, 0) is 67.1 Å². The first-order valence-electron chi connectivity index (χ1n) is 15.4. The third-order valence-corrected chi connectivity index (χ3v) is 10.1. The van der Waals surface area contributed by atoms with Gasteiger partial charge in [-0.25, -0.2) is 0 Å². The predicted octanol–water partition coefficient (Wildman–Crippen LogP) is 4.35. The molecule has 4 fully saturated rings. The average Bonchev–Trinajstić information content (AvgIpc) is 3.33. The molecule has 2 bridgehead atoms. The molecular weight excluding hydrogens is 531 g/mol. The molecular formula is C33H43BN2O6. The number of para-hydroxylation sites is 2. The minimum atomic E-state index is -0.864. The molecule has 0 unspecified atom stereocenters. The maximum Gasteiger partial charge on any atom is 0.481 e. The zero-order valence-electron chi connectivity index (χ0n) is 25.3. The van der Waals surface area contributed by atoms with E-state index in [0.29, 0.717) is 42.1 Å². The molecule has 3 saturated carbocycles. The van der Waals surface area contributed by atoms with Crippen LogP contribution in [0.4, 0.5) is 0 Å². The molecule has 2 heterocycles. The average molecular weight is 575 g/mol. The Balaban J connectivity index is 1.18. The van der Waals surface area contributed by atoms with E-state index in [1.165, 1.54) is 6.42 Å². The molecule has 3 aliphatic carbocycles. The zero-order chi connectivity index (χ0) is 29.6. The molecule has 2 aliphatic heterocycles. The quantitative estimate of drug-likeness (QED) is 0.433. The molecule has 8 nitrogen and oxygen atoms in total. The van der Waals surface area contributed by atoms with Gasteiger partial charge in [0.25, 0.3) is 5.91 Å². The molecule has 224 valence electrons. The van der Waals surface area contributed by atoms with Gasteiger partial charge in [0.2, 0.25) is 12.0 Å². The van der Waals surface area contributed by atoms with Gasteiger partial charge < -0.3 is 29.4 Å². The van der Waals surface area contributed by atoms with Crippen LogP contribution < -0.4 is 20.1 Å². The summed E-state index contributed by atoms with van der Waals surface area (Å²) in [5.74, 6) is 1.47. The van der Waals surface area contributed by atoms with Crippen LogP contribution in [0.15, 0.2) is 54.6 Å². The van der Waals surface area contributed by atoms with Crippen molar-refractivity contribution < 1.29 is 28.4 Å². The highest BCUT2D eigenvalue weighted by Crippen LogP contribution is 2.65. The first kappa shape index (κ1) is 29.1. The molecule has 2 aromatic rings. The van der Waals surface area contributed by atoms with Crippen molar-refractivity contribution in [2.75, 3.05) is 6.61 Å². The van der Waals surface area contributed by atoms with Crippen molar-refractivity contribution in [3.05, 3.63) is 60.2 Å². The summed E-state index contributed by atoms with van der Waals surface area (Å²) in [6.07, 6.45) is 2.34. The number of fused-ring (bicyclic) bond motifs is 1. The van der Waals surface area contributed by atoms with E-state index >= 15 is 0 Å². The Morgan fingerprint density at radius 2 is 1.69 bits per heavy atom. The van der Waals surface area contributed by atoms with Crippen molar-refractivity contribution in [2.45, 2.75) is 90.1 Å². The van der Waals surface area contributed by atoms with E-state index in [2.05, 4.69) is 45.3 Å². The summed E-state index contributed by atoms with van der Waals surface area (Å²) in [5, 5.41) is 6.19. The Bertz CT molecular complexity index is 1300. The number of hydrogen-bond acceptors (Lipinski definition) is 6. The summed E-state index contributed by atoms with van der Waals surface area (Å²) < 4.78 is 25.0. The second-order valence-corrected chi connectivity index (χ2v) is 13.7. The fourth-order valence-corrected chi connectivity index (χ4v) is 7.57. The minimum Gasteiger partial charge on any atom is -0.485 e. The minimum absolute atomic E-state index is 0.0250. The first-order chi connectivity index (χ1) is 20.0. The molecule has 9 heteroatoms. The normalized spacial score (nSPS) is 30.1. The highest BCUT2D eigenvalue weighted by Gasteiger charge is 2.68. The summed E-state index contributed by atoms with van der Waals surface area (Å²) in [6.45, 7) is 11.2. The maximum absolute atomic E-state index is 14.0. The Morgan fingerprint density at radius 1 is 0.976 bits per heavy atom. The Hall–Kier alpha value is -3.04. The molecule has 0 aromatic heterocycles. The lowest BCUT2D eigenvalue weighted by Gasteiger charge is -2.64. The fourth-order valence-electron chi connectivity index (χ4n) is 7.57. The molecule has 7 rings (SSSR count). The van der Waals surface area contributed by atoms with Crippen LogP contribution in [0.2, 0.25) is 0 Å². The molecule has 7 atom stereocenters. The topological polar surface area (TPSA) is 95.1 Å². The molecule has 42 heavy (non-hydrogen) atoms. The van der Waals surface area contributed by atoms with E-state index in [-0.39, 0.29) is 35.6 Å². The van der Waals surface area contributed by atoms with Gasteiger partial charge in [0.05, 0.1) is 17.6 Å². The second kappa shape index (κ2) is 11.2. The number of rotatable bonds is 9. The lowest BCUT2D eigenvalue weighted by Crippen LogP contribution is -2.65. The van der Waals surface area contributed by atoms with Crippen molar-refractivity contribution in [1.82, 2.24) is 10.6 Å². The van der Waals surface area contributed by atoms with E-state index in [1.54, 1.807) is 12.1 Å². The van der Waals surface area contributed by atoms with Gasteiger partial charge in [0, 0.05) is 6.42 Å². The Morgan fingerprint density at radius 3 is 2.40 bits per heavy atom. The van der Waals surface area contributed by atoms with Gasteiger partial charge in [-0.1, -0.05) is 70.2 Å². The highest BCUT2D eigenvalue weighted by atomic mass is 16.7. The smallest absolute Gasteiger partial charge is 0.481 e. The van der Waals surface area contributed by atoms with Crippen LogP contribution in [-0.4, -0.2) is 55.3 Å². The largest absolute Gasteiger partial charge is 0.485 e. The number of ether oxygens (including phenoxy) is 2. The van der Waals surface area contributed by atoms with Crippen molar-refractivity contribution in [1.29, 1.82) is 0 Å². The zero-order valence-corrected chi connectivity index (χ0v) is 25.3. The molecule has 5 aliphatic rings. The fraction of sp³-hybridized carbons (Fsp3) is 0.576. The molecule has 0 radical (unpaired) electrons. The SMILES string of the molecule is CC(C)C[C@H](NC(=O)[C@H](Cc1ccccc1)NC(=O)[C@H]1COc2ccccc2O1)B1O[C@@H]2C[C@@H]3C[C@@H](C3(C)C)[C@]2(C)O1. The lowest BCUT2D eigenvalue weighted by atomic mass is 9.43. The van der Waals surface area contributed by atoms with E-state index in [1.807, 2.05) is 42.5 Å². The van der Waals surface area contributed by atoms with Crippen molar-refractivity contribution in [3.63, 3.8) is 0 Å². The Labute approximate surface area is 249 Å². The number of carbonyl (C=O) groups excluding carboxylic acids is 2. The number of benzene rings is 2. The van der Waals surface area contributed by atoms with Crippen molar-refractivity contribution in [2.24, 2.45) is 23.2 Å². The summed E-state index contributed by atoms with van der Waals surface area (Å²) >= 11 is 0. The second-order valence-electron chi connectivity index (χ2n) is 13.7. The van der Waals surface area contributed by atoms with Gasteiger partial charge >= 0.3 is 7.12 Å². The van der Waals surface area contributed by atoms with Crippen LogP contribution >= 0.6 is 0 Å². The summed E-state index contributed by atoms with van der Waals surface area (Å²) in [7, 11) is -0.541. The van der Waals surface area contributed by atoms with Crippen LogP contribution in [0.3, 0.4) is 0 Å². The van der Waals surface area contributed by atoms with Gasteiger partial charge in [0.15, 0.2) is 11.5 Å². The van der Waals surface area contributed by atoms with Gasteiger partial charge in [0.1, 0.15) is 12.6 Å². The number of carbonyl (C=O) groups is 2. The molecule has 1 saturated heterocycles. The van der Waals surface area contributed by atoms with Crippen LogP contribution in [0.5, 0.6) is 11.5 Å². The standard InChI is InChI=1S/C33H43BN2O6/c1-20(2)15-29(34-41-28-18-22-17-27(32(22,3)4)33(28,5)42-34)36-30(37)23(16-21-11-7-6-8-12-21)35-31(38)26-19-39-24-13-9-10-14-25(24)40-26/h6-14,20,22-23,26-29H,15-19H2,1-5H3,(H,35,38)(H,36,37)/t22-,23-,26+,27-,28+,29-,33-/m0/s1. The monoisotopic (exact) mass is 574 g/mol. The summed E-state index contributed by atoms with van der Waals surface area (Å²) in [5.41, 5.74) is 0.810. The number of hydrogen-bond donors (Lipinski definition) is 2. The lowest BCUT2D eigenvalue weighted by molar-refractivity contribution is -0.199. The molecule has 2 aromatic carbocycles. The first-order valence-corrected chi connectivity index (χ1v) is 15.4. The van der Waals surface area contributed by atoms with E-state index in [0.717, 1.165) is 12.0 Å². The third-order valence-electron chi connectivity index (χ3n) is 10.1. The molecule has 2 amide bonds. The van der Waals surface area contributed by atoms with E-state index in [4.69, 9.17) is 18.8 Å². The van der Waals surface area contributed by atoms with Crippen LogP contribution in [-0.2, 0) is 25.3 Å². The maximum atomic E-state index is 14.0. The van der Waals surface area contributed by atoms with Crippen LogP contribution in [0, 0.1) is 23.2 Å². The van der Waals surface area contributed by atoms with E-state index in [9.17, 15) is 9.59 Å². The van der Waals surface area contributed by atoms with Gasteiger partial charge in [-0.2, -0.15) is 0 Å². The van der Waals surface area contributed by atoms with Crippen LogP contribution in [0.25, 0.3) is 0 Å². The number of amides is 2. The molecule has 0 spiro atoms. The summed E-state index contributed by atoms with van der Waals surface area (Å²) in [6, 6.07) is 16.1. The van der Waals surface area contributed by atoms with Crippen LogP contribution in [0.1, 0.15) is 59.4 Å². The van der Waals surface area contributed by atoms with Gasteiger partial charge in [-0.3, -0.25) is 9.59 Å². The summed E-state index contributed by atoms with van der Waals surface area (Å²) in [4.78, 5) is 27.4. The number of nitrogens with one attached hydrogen (secondary N) is 2. The van der Waals surface area contributed by atoms with Crippen molar-refractivity contribution >= 4 is 18.9 Å². The Kier molecular flexibility index (Phi) is 7.77. The van der Waals surface area contributed by atoms with Gasteiger partial charge in [-0.15, -0.1) is 0 Å². The highest BCUT2D eigenvalue weighted by molar-refractivity contribution is 6.48. The third kappa shape index (κ3) is 5.42. The predicted molar refractivity (Wildman–Crippen MR) is 160 cm³/mol. The van der Waals surface area contributed by atoms with Crippen molar-refractivity contribution in [3.8, 4) is 11.5 Å². The molecule has 2 N–H and O–H groups in total.